The molecule has 0 saturated carbocycles. The quantitative estimate of drug-likeness (QED) is 0.524. The average Bonchev–Trinajstić information content (AvgIpc) is 2.22. The van der Waals surface area contributed by atoms with E-state index in [0.717, 1.165) is 12.8 Å². The minimum Gasteiger partial charge on any atom is -0.481 e. The zero-order valence-electron chi connectivity index (χ0n) is 9.61. The van der Waals surface area contributed by atoms with Crippen molar-refractivity contribution in [1.82, 2.24) is 10.2 Å². The van der Waals surface area contributed by atoms with Gasteiger partial charge in [-0.15, -0.1) is 0 Å². The summed E-state index contributed by atoms with van der Waals surface area (Å²) in [6.07, 6.45) is 2.37. The van der Waals surface area contributed by atoms with Gasteiger partial charge in [0.25, 0.3) is 0 Å². The number of carboxylic acid groups (broad SMARTS) is 1. The third kappa shape index (κ3) is 8.05. The highest BCUT2D eigenvalue weighted by Gasteiger charge is 2.05. The predicted octanol–water partition coefficient (Wildman–Crippen LogP) is 0.265. The van der Waals surface area contributed by atoms with Crippen LogP contribution in [-0.2, 0) is 4.79 Å². The molecule has 6 heteroatoms. The second kappa shape index (κ2) is 8.96. The van der Waals surface area contributed by atoms with E-state index in [-0.39, 0.29) is 19.1 Å². The summed E-state index contributed by atoms with van der Waals surface area (Å²) in [6.45, 7) is 0.793. The van der Waals surface area contributed by atoms with E-state index < -0.39 is 5.97 Å². The Hall–Kier alpha value is -1.30. The first-order valence-corrected chi connectivity index (χ1v) is 5.39. The largest absolute Gasteiger partial charge is 0.481 e. The molecule has 0 aromatic carbocycles. The van der Waals surface area contributed by atoms with Crippen LogP contribution >= 0.6 is 0 Å². The van der Waals surface area contributed by atoms with Gasteiger partial charge >= 0.3 is 12.0 Å². The maximum Gasteiger partial charge on any atom is 0.317 e. The molecule has 16 heavy (non-hydrogen) atoms. The van der Waals surface area contributed by atoms with Crippen molar-refractivity contribution in [3.8, 4) is 0 Å². The van der Waals surface area contributed by atoms with Gasteiger partial charge in [-0.25, -0.2) is 4.79 Å². The number of unbranched alkanes of at least 4 members (excludes halogenated alkanes) is 2. The number of carboxylic acids is 1. The van der Waals surface area contributed by atoms with Crippen LogP contribution in [0.3, 0.4) is 0 Å². The highest BCUT2D eigenvalue weighted by atomic mass is 16.4. The van der Waals surface area contributed by atoms with Crippen LogP contribution in [0.4, 0.5) is 4.79 Å². The first-order chi connectivity index (χ1) is 7.57. The summed E-state index contributed by atoms with van der Waals surface area (Å²) in [4.78, 5) is 22.9. The van der Waals surface area contributed by atoms with Crippen molar-refractivity contribution in [3.63, 3.8) is 0 Å². The van der Waals surface area contributed by atoms with Gasteiger partial charge in [0.2, 0.25) is 0 Å². The fourth-order valence-electron chi connectivity index (χ4n) is 1.16. The number of aliphatic hydroxyl groups is 1. The van der Waals surface area contributed by atoms with Crippen LogP contribution in [0.25, 0.3) is 0 Å². The number of rotatable bonds is 8. The van der Waals surface area contributed by atoms with Crippen molar-refractivity contribution in [2.24, 2.45) is 0 Å². The number of nitrogens with one attached hydrogen (secondary N) is 1. The summed E-state index contributed by atoms with van der Waals surface area (Å²) in [7, 11) is 1.61. The van der Waals surface area contributed by atoms with Gasteiger partial charge in [0.05, 0.1) is 6.61 Å². The summed E-state index contributed by atoms with van der Waals surface area (Å²) in [5.74, 6) is -0.785. The lowest BCUT2D eigenvalue weighted by molar-refractivity contribution is -0.137. The number of carbonyl (C=O) groups excluding carboxylic acids is 1. The highest BCUT2D eigenvalue weighted by molar-refractivity contribution is 5.73. The SMILES string of the molecule is CN(CCO)C(=O)NCCCCCC(=O)O. The molecular weight excluding hydrogens is 212 g/mol. The van der Waals surface area contributed by atoms with E-state index in [2.05, 4.69) is 5.32 Å². The minimum absolute atomic E-state index is 0.0530. The maximum absolute atomic E-state index is 11.3. The number of likely N-dealkylation sites (N-methyl/N-ethyl adjacent to an activating group) is 1. The van der Waals surface area contributed by atoms with Crippen molar-refractivity contribution in [2.75, 3.05) is 26.7 Å². The number of hydrogen-bond donors (Lipinski definition) is 3. The minimum atomic E-state index is -0.785. The van der Waals surface area contributed by atoms with Crippen LogP contribution in [0.15, 0.2) is 0 Å². The van der Waals surface area contributed by atoms with Crippen molar-refractivity contribution in [3.05, 3.63) is 0 Å². The molecule has 0 aliphatic carbocycles. The standard InChI is InChI=1S/C10H20N2O4/c1-12(7-8-13)10(16)11-6-4-2-3-5-9(14)15/h13H,2-8H2,1H3,(H,11,16)(H,14,15). The fourth-order valence-corrected chi connectivity index (χ4v) is 1.16. The van der Waals surface area contributed by atoms with Gasteiger partial charge in [0.1, 0.15) is 0 Å². The Kier molecular flexibility index (Phi) is 8.24. The molecular formula is C10H20N2O4. The van der Waals surface area contributed by atoms with Gasteiger partial charge in [0, 0.05) is 26.6 Å². The molecule has 0 fully saturated rings. The predicted molar refractivity (Wildman–Crippen MR) is 59.2 cm³/mol. The van der Waals surface area contributed by atoms with Crippen LogP contribution in [-0.4, -0.2) is 53.9 Å². The summed E-state index contributed by atoms with van der Waals surface area (Å²) in [5, 5.41) is 19.7. The summed E-state index contributed by atoms with van der Waals surface area (Å²) in [6, 6.07) is -0.215. The normalized spacial score (nSPS) is 9.88. The second-order valence-corrected chi connectivity index (χ2v) is 3.58. The number of aliphatic carboxylic acids is 1. The molecule has 0 atom stereocenters. The van der Waals surface area contributed by atoms with Gasteiger partial charge in [0.15, 0.2) is 0 Å². The van der Waals surface area contributed by atoms with Crippen LogP contribution in [0.1, 0.15) is 25.7 Å². The molecule has 0 heterocycles. The van der Waals surface area contributed by atoms with E-state index in [1.807, 2.05) is 0 Å². The molecule has 94 valence electrons. The highest BCUT2D eigenvalue weighted by Crippen LogP contribution is 1.98. The van der Waals surface area contributed by atoms with Gasteiger partial charge in [-0.05, 0) is 12.8 Å². The van der Waals surface area contributed by atoms with E-state index in [0.29, 0.717) is 19.5 Å². The average molecular weight is 232 g/mol. The number of carbonyl (C=O) groups is 2. The molecule has 0 aromatic rings. The fraction of sp³-hybridized carbons (Fsp3) is 0.800. The van der Waals surface area contributed by atoms with E-state index in [9.17, 15) is 9.59 Å². The zero-order valence-corrected chi connectivity index (χ0v) is 9.61. The lowest BCUT2D eigenvalue weighted by atomic mass is 10.2. The lowest BCUT2D eigenvalue weighted by Crippen LogP contribution is -2.39. The zero-order chi connectivity index (χ0) is 12.4. The van der Waals surface area contributed by atoms with Gasteiger partial charge in [-0.3, -0.25) is 4.79 Å². The summed E-state index contributed by atoms with van der Waals surface area (Å²) < 4.78 is 0. The van der Waals surface area contributed by atoms with Gasteiger partial charge < -0.3 is 20.4 Å². The molecule has 0 aliphatic heterocycles. The Labute approximate surface area is 95.2 Å². The second-order valence-electron chi connectivity index (χ2n) is 3.58. The van der Waals surface area contributed by atoms with Crippen molar-refractivity contribution < 1.29 is 19.8 Å². The number of amides is 2. The molecule has 0 bridgehead atoms. The third-order valence-corrected chi connectivity index (χ3v) is 2.13. The molecule has 0 saturated heterocycles. The van der Waals surface area contributed by atoms with Crippen molar-refractivity contribution in [1.29, 1.82) is 0 Å². The summed E-state index contributed by atoms with van der Waals surface area (Å²) >= 11 is 0. The molecule has 0 spiro atoms. The first kappa shape index (κ1) is 14.7. The van der Waals surface area contributed by atoms with E-state index in [1.54, 1.807) is 7.05 Å². The van der Waals surface area contributed by atoms with E-state index in [4.69, 9.17) is 10.2 Å². The molecule has 0 unspecified atom stereocenters. The Morgan fingerprint density at radius 1 is 1.25 bits per heavy atom. The Morgan fingerprint density at radius 3 is 2.50 bits per heavy atom. The monoisotopic (exact) mass is 232 g/mol. The Balaban J connectivity index is 3.37. The van der Waals surface area contributed by atoms with Gasteiger partial charge in [-0.1, -0.05) is 6.42 Å². The lowest BCUT2D eigenvalue weighted by Gasteiger charge is -2.16. The van der Waals surface area contributed by atoms with Crippen LogP contribution in [0.5, 0.6) is 0 Å². The topological polar surface area (TPSA) is 89.9 Å². The van der Waals surface area contributed by atoms with E-state index in [1.165, 1.54) is 4.90 Å². The summed E-state index contributed by atoms with van der Waals surface area (Å²) in [5.41, 5.74) is 0. The molecule has 0 rings (SSSR count). The molecule has 6 nitrogen and oxygen atoms in total. The number of hydrogen-bond acceptors (Lipinski definition) is 3. The third-order valence-electron chi connectivity index (χ3n) is 2.13. The first-order valence-electron chi connectivity index (χ1n) is 5.39. The number of nitrogens with zero attached hydrogens (tertiary/aromatic N) is 1. The molecule has 0 aliphatic rings. The van der Waals surface area contributed by atoms with Crippen molar-refractivity contribution >= 4 is 12.0 Å². The molecule has 3 N–H and O–H groups in total. The Morgan fingerprint density at radius 2 is 1.94 bits per heavy atom. The van der Waals surface area contributed by atoms with Crippen LogP contribution in [0, 0.1) is 0 Å². The van der Waals surface area contributed by atoms with Crippen LogP contribution < -0.4 is 5.32 Å². The van der Waals surface area contributed by atoms with Crippen molar-refractivity contribution in [2.45, 2.75) is 25.7 Å². The van der Waals surface area contributed by atoms with Gasteiger partial charge in [-0.2, -0.15) is 0 Å². The molecule has 0 radical (unpaired) electrons. The Bertz CT molecular complexity index is 221. The molecule has 0 aromatic heterocycles. The smallest absolute Gasteiger partial charge is 0.317 e. The van der Waals surface area contributed by atoms with E-state index >= 15 is 0 Å². The number of aliphatic hydroxyl groups excluding tert-OH is 1. The van der Waals surface area contributed by atoms with Crippen LogP contribution in [0.2, 0.25) is 0 Å². The molecule has 2 amide bonds. The number of urea groups is 1. The maximum atomic E-state index is 11.3.